The van der Waals surface area contributed by atoms with Crippen LogP contribution in [-0.2, 0) is 26.7 Å². The van der Waals surface area contributed by atoms with Gasteiger partial charge in [-0.25, -0.2) is 9.97 Å². The Morgan fingerprint density at radius 3 is 3.10 bits per heavy atom. The number of anilines is 1. The fraction of sp³-hybridized carbons (Fsp3) is 0.267. The molecule has 0 amide bonds. The van der Waals surface area contributed by atoms with Crippen molar-refractivity contribution in [2.24, 2.45) is 7.05 Å². The summed E-state index contributed by atoms with van der Waals surface area (Å²) >= 11 is 0. The van der Waals surface area contributed by atoms with E-state index in [1.807, 2.05) is 7.05 Å². The number of aryl methyl sites for hydroxylation is 1. The normalized spacial score (nSPS) is 13.6. The third-order valence-electron chi connectivity index (χ3n) is 3.89. The lowest BCUT2D eigenvalue weighted by atomic mass is 10.1. The second kappa shape index (κ2) is 4.82. The molecule has 3 heterocycles. The molecule has 1 aliphatic rings. The molecular weight excluding hydrogens is 264 g/mol. The number of benzene rings is 1. The van der Waals surface area contributed by atoms with Gasteiger partial charge in [-0.2, -0.15) is 5.10 Å². The summed E-state index contributed by atoms with van der Waals surface area (Å²) in [6.07, 6.45) is 3.36. The van der Waals surface area contributed by atoms with Crippen molar-refractivity contribution in [3.05, 3.63) is 47.4 Å². The highest BCUT2D eigenvalue weighted by Crippen LogP contribution is 2.20. The first-order chi connectivity index (χ1) is 10.3. The minimum absolute atomic E-state index is 0.744. The summed E-state index contributed by atoms with van der Waals surface area (Å²) in [7, 11) is 1.88. The molecule has 0 unspecified atom stereocenters. The van der Waals surface area contributed by atoms with Gasteiger partial charge in [0, 0.05) is 26.7 Å². The second-order valence-corrected chi connectivity index (χ2v) is 5.29. The van der Waals surface area contributed by atoms with Gasteiger partial charge in [-0.3, -0.25) is 4.68 Å². The Hall–Kier alpha value is -2.47. The number of rotatable bonds is 3. The number of nitrogens with zero attached hydrogens (tertiary/aromatic N) is 4. The number of hydrogen-bond donors (Lipinski definition) is 2. The Morgan fingerprint density at radius 2 is 2.14 bits per heavy atom. The summed E-state index contributed by atoms with van der Waals surface area (Å²) in [6, 6.07) is 6.62. The summed E-state index contributed by atoms with van der Waals surface area (Å²) in [5, 5.41) is 11.9. The van der Waals surface area contributed by atoms with E-state index in [2.05, 4.69) is 43.9 Å². The first-order valence-corrected chi connectivity index (χ1v) is 6.99. The Morgan fingerprint density at radius 1 is 1.24 bits per heavy atom. The molecule has 3 aromatic rings. The van der Waals surface area contributed by atoms with Gasteiger partial charge in [0.15, 0.2) is 5.65 Å². The van der Waals surface area contributed by atoms with Gasteiger partial charge >= 0.3 is 0 Å². The Balaban J connectivity index is 1.58. The zero-order valence-corrected chi connectivity index (χ0v) is 11.8. The summed E-state index contributed by atoms with van der Waals surface area (Å²) in [4.78, 5) is 8.56. The number of nitrogens with one attached hydrogen (secondary N) is 2. The van der Waals surface area contributed by atoms with Gasteiger partial charge in [0.2, 0.25) is 0 Å². The van der Waals surface area contributed by atoms with Crippen LogP contribution in [0.1, 0.15) is 16.7 Å². The minimum atomic E-state index is 0.744. The highest BCUT2D eigenvalue weighted by molar-refractivity contribution is 5.85. The van der Waals surface area contributed by atoms with Crippen LogP contribution in [-0.4, -0.2) is 19.7 Å². The molecule has 0 atom stereocenters. The van der Waals surface area contributed by atoms with Crippen molar-refractivity contribution in [2.45, 2.75) is 19.6 Å². The van der Waals surface area contributed by atoms with Crippen LogP contribution in [0.25, 0.3) is 11.0 Å². The summed E-state index contributed by atoms with van der Waals surface area (Å²) in [6.45, 7) is 2.68. The van der Waals surface area contributed by atoms with Crippen LogP contribution in [0.4, 0.5) is 5.82 Å². The molecule has 106 valence electrons. The van der Waals surface area contributed by atoms with E-state index in [1.54, 1.807) is 17.2 Å². The van der Waals surface area contributed by atoms with E-state index in [0.29, 0.717) is 0 Å². The predicted octanol–water partition coefficient (Wildman–Crippen LogP) is 1.58. The van der Waals surface area contributed by atoms with Crippen LogP contribution in [0.3, 0.4) is 0 Å². The van der Waals surface area contributed by atoms with E-state index in [9.17, 15) is 0 Å². The smallest absolute Gasteiger partial charge is 0.163 e. The van der Waals surface area contributed by atoms with Crippen LogP contribution in [0.5, 0.6) is 0 Å². The molecule has 1 aliphatic heterocycles. The van der Waals surface area contributed by atoms with E-state index in [0.717, 1.165) is 36.5 Å². The van der Waals surface area contributed by atoms with Crippen LogP contribution < -0.4 is 10.6 Å². The summed E-state index contributed by atoms with van der Waals surface area (Å²) < 4.78 is 1.75. The van der Waals surface area contributed by atoms with Crippen molar-refractivity contribution in [1.29, 1.82) is 0 Å². The monoisotopic (exact) mass is 280 g/mol. The van der Waals surface area contributed by atoms with Crippen molar-refractivity contribution in [1.82, 2.24) is 25.1 Å². The largest absolute Gasteiger partial charge is 0.365 e. The standard InChI is InChI=1S/C15H16N6/c1-21-15-13(8-20-21)14(18-9-19-15)17-5-10-2-3-11-6-16-7-12(11)4-10/h2-4,8-9,16H,5-7H2,1H3,(H,17,18,19). The lowest BCUT2D eigenvalue weighted by molar-refractivity contribution is 0.764. The lowest BCUT2D eigenvalue weighted by Gasteiger charge is -2.08. The van der Waals surface area contributed by atoms with E-state index >= 15 is 0 Å². The van der Waals surface area contributed by atoms with Crippen molar-refractivity contribution >= 4 is 16.9 Å². The van der Waals surface area contributed by atoms with Crippen LogP contribution >= 0.6 is 0 Å². The molecular formula is C15H16N6. The van der Waals surface area contributed by atoms with Gasteiger partial charge in [-0.1, -0.05) is 18.2 Å². The molecule has 4 rings (SSSR count). The number of hydrogen-bond acceptors (Lipinski definition) is 5. The maximum absolute atomic E-state index is 4.32. The third-order valence-corrected chi connectivity index (χ3v) is 3.89. The molecule has 0 saturated carbocycles. The molecule has 2 aromatic heterocycles. The van der Waals surface area contributed by atoms with Gasteiger partial charge in [0.05, 0.1) is 11.6 Å². The van der Waals surface area contributed by atoms with Crippen molar-refractivity contribution in [2.75, 3.05) is 5.32 Å². The van der Waals surface area contributed by atoms with Crippen LogP contribution in [0.2, 0.25) is 0 Å². The molecule has 0 spiro atoms. The van der Waals surface area contributed by atoms with Gasteiger partial charge < -0.3 is 10.6 Å². The number of aromatic nitrogens is 4. The fourth-order valence-corrected chi connectivity index (χ4v) is 2.75. The molecule has 1 aromatic carbocycles. The summed E-state index contributed by atoms with van der Waals surface area (Å²) in [5.41, 5.74) is 4.89. The maximum atomic E-state index is 4.32. The van der Waals surface area contributed by atoms with Crippen molar-refractivity contribution < 1.29 is 0 Å². The highest BCUT2D eigenvalue weighted by atomic mass is 15.3. The molecule has 0 radical (unpaired) electrons. The molecule has 0 bridgehead atoms. The molecule has 2 N–H and O–H groups in total. The molecule has 0 fully saturated rings. The molecule has 6 heteroatoms. The second-order valence-electron chi connectivity index (χ2n) is 5.29. The van der Waals surface area contributed by atoms with Gasteiger partial charge in [0.25, 0.3) is 0 Å². The van der Waals surface area contributed by atoms with Crippen molar-refractivity contribution in [3.8, 4) is 0 Å². The number of fused-ring (bicyclic) bond motifs is 2. The van der Waals surface area contributed by atoms with E-state index < -0.39 is 0 Å². The van der Waals surface area contributed by atoms with E-state index in [1.165, 1.54) is 16.7 Å². The topological polar surface area (TPSA) is 67.7 Å². The van der Waals surface area contributed by atoms with Crippen LogP contribution in [0.15, 0.2) is 30.7 Å². The van der Waals surface area contributed by atoms with Gasteiger partial charge in [-0.05, 0) is 16.7 Å². The minimum Gasteiger partial charge on any atom is -0.365 e. The fourth-order valence-electron chi connectivity index (χ4n) is 2.75. The molecule has 0 saturated heterocycles. The van der Waals surface area contributed by atoms with Crippen molar-refractivity contribution in [3.63, 3.8) is 0 Å². The predicted molar refractivity (Wildman–Crippen MR) is 80.6 cm³/mol. The Bertz CT molecular complexity index is 807. The molecule has 0 aliphatic carbocycles. The molecule has 6 nitrogen and oxygen atoms in total. The SMILES string of the molecule is Cn1ncc2c(NCc3ccc4c(c3)CNC4)ncnc21. The Labute approximate surface area is 122 Å². The van der Waals surface area contributed by atoms with Gasteiger partial charge in [0.1, 0.15) is 12.1 Å². The zero-order valence-electron chi connectivity index (χ0n) is 11.8. The average molecular weight is 280 g/mol. The first-order valence-electron chi connectivity index (χ1n) is 6.99. The molecule has 21 heavy (non-hydrogen) atoms. The van der Waals surface area contributed by atoms with Gasteiger partial charge in [-0.15, -0.1) is 0 Å². The summed E-state index contributed by atoms with van der Waals surface area (Å²) in [5.74, 6) is 0.826. The highest BCUT2D eigenvalue weighted by Gasteiger charge is 2.11. The van der Waals surface area contributed by atoms with E-state index in [4.69, 9.17) is 0 Å². The first kappa shape index (κ1) is 12.3. The average Bonchev–Trinajstić information content (AvgIpc) is 3.12. The quantitative estimate of drug-likeness (QED) is 0.762. The van der Waals surface area contributed by atoms with Crippen LogP contribution in [0, 0.1) is 0 Å². The third kappa shape index (κ3) is 2.13. The zero-order chi connectivity index (χ0) is 14.2. The maximum Gasteiger partial charge on any atom is 0.163 e. The lowest BCUT2D eigenvalue weighted by Crippen LogP contribution is -2.03. The van der Waals surface area contributed by atoms with E-state index in [-0.39, 0.29) is 0 Å². The Kier molecular flexibility index (Phi) is 2.82.